The Kier molecular flexibility index (Phi) is 16.0. The number of hydrogen-bond donors (Lipinski definition) is 6. The number of H-pyrrole nitrogens is 2. The Morgan fingerprint density at radius 2 is 1.17 bits per heavy atom. The molecule has 2 aliphatic carbocycles. The van der Waals surface area contributed by atoms with Crippen molar-refractivity contribution in [2.24, 2.45) is 0 Å². The van der Waals surface area contributed by atoms with Crippen LogP contribution in [-0.4, -0.2) is 33.4 Å². The summed E-state index contributed by atoms with van der Waals surface area (Å²) < 4.78 is 1.15. The molecule has 0 saturated carbocycles. The summed E-state index contributed by atoms with van der Waals surface area (Å²) in [5.74, 6) is 7.73. The minimum Gasteiger partial charge on any atom is -0.384 e. The van der Waals surface area contributed by atoms with Gasteiger partial charge in [0.05, 0.1) is 0 Å². The van der Waals surface area contributed by atoms with Gasteiger partial charge in [-0.05, 0) is 97.2 Å². The number of terminal acetylenes is 1. The van der Waals surface area contributed by atoms with Crippen molar-refractivity contribution < 1.29 is 10.2 Å². The summed E-state index contributed by atoms with van der Waals surface area (Å²) in [6.07, 6.45) is 11.6. The molecule has 2 heterocycles. The highest BCUT2D eigenvalue weighted by Gasteiger charge is 2.25. The molecular formula is C46H53BrN4O2. The monoisotopic (exact) mass is 772 g/mol. The molecule has 0 unspecified atom stereocenters. The van der Waals surface area contributed by atoms with Crippen LogP contribution in [0, 0.1) is 24.2 Å². The van der Waals surface area contributed by atoms with Gasteiger partial charge in [0.1, 0.15) is 13.2 Å². The summed E-state index contributed by atoms with van der Waals surface area (Å²) in [4.78, 5) is 7.27. The normalized spacial score (nSPS) is 15.4. The molecule has 0 saturated heterocycles. The summed E-state index contributed by atoms with van der Waals surface area (Å²) >= 11 is 3.59. The Morgan fingerprint density at radius 1 is 0.679 bits per heavy atom. The SMILES string of the molecule is Brc1ccc2[nH]c3c(c2c1)CCC[C@H]3NCc1ccccc1.C.C.C#CCO.OCC#Cc1ccc2[nH]c3c(c2c1)CCC[C@H]3NCc1ccccc1. The smallest absolute Gasteiger partial charge is 0.104 e. The van der Waals surface area contributed by atoms with Crippen LogP contribution in [0.4, 0.5) is 0 Å². The van der Waals surface area contributed by atoms with E-state index in [0.29, 0.717) is 12.1 Å². The van der Waals surface area contributed by atoms with E-state index in [1.807, 2.05) is 12.0 Å². The first-order valence-corrected chi connectivity index (χ1v) is 18.5. The Balaban J connectivity index is 0.000000209. The lowest BCUT2D eigenvalue weighted by atomic mass is 9.91. The van der Waals surface area contributed by atoms with Crippen molar-refractivity contribution in [1.82, 2.24) is 20.6 Å². The van der Waals surface area contributed by atoms with Crippen molar-refractivity contribution in [2.75, 3.05) is 13.2 Å². The van der Waals surface area contributed by atoms with E-state index in [1.54, 1.807) is 0 Å². The van der Waals surface area contributed by atoms with Crippen LogP contribution in [0.1, 0.15) is 91.8 Å². The van der Waals surface area contributed by atoms with Gasteiger partial charge < -0.3 is 30.8 Å². The zero-order valence-electron chi connectivity index (χ0n) is 28.8. The Hall–Kier alpha value is -4.60. The molecule has 53 heavy (non-hydrogen) atoms. The minimum atomic E-state index is -0.153. The second-order valence-electron chi connectivity index (χ2n) is 12.9. The van der Waals surface area contributed by atoms with Crippen molar-refractivity contribution in [3.8, 4) is 24.2 Å². The number of hydrogen-bond acceptors (Lipinski definition) is 4. The van der Waals surface area contributed by atoms with E-state index >= 15 is 0 Å². The average molecular weight is 774 g/mol. The van der Waals surface area contributed by atoms with Crippen molar-refractivity contribution in [1.29, 1.82) is 0 Å². The molecule has 6 N–H and O–H groups in total. The maximum Gasteiger partial charge on any atom is 0.104 e. The summed E-state index contributed by atoms with van der Waals surface area (Å²) in [5.41, 5.74) is 11.7. The fourth-order valence-corrected chi connectivity index (χ4v) is 7.56. The molecule has 2 atom stereocenters. The second-order valence-corrected chi connectivity index (χ2v) is 13.8. The van der Waals surface area contributed by atoms with E-state index in [-0.39, 0.29) is 28.1 Å². The van der Waals surface area contributed by atoms with E-state index in [4.69, 9.17) is 10.2 Å². The number of rotatable bonds is 6. The molecule has 0 radical (unpaired) electrons. The van der Waals surface area contributed by atoms with E-state index in [9.17, 15) is 0 Å². The second kappa shape index (κ2) is 20.6. The van der Waals surface area contributed by atoms with Gasteiger partial charge in [0.2, 0.25) is 0 Å². The lowest BCUT2D eigenvalue weighted by Gasteiger charge is -2.24. The van der Waals surface area contributed by atoms with Crippen LogP contribution in [0.5, 0.6) is 0 Å². The number of aromatic amines is 2. The highest BCUT2D eigenvalue weighted by Crippen LogP contribution is 2.37. The quantitative estimate of drug-likeness (QED) is 0.0951. The van der Waals surface area contributed by atoms with Gasteiger partial charge >= 0.3 is 0 Å². The molecule has 8 rings (SSSR count). The number of aromatic nitrogens is 2. The van der Waals surface area contributed by atoms with Gasteiger partial charge in [0, 0.05) is 68.4 Å². The number of aryl methyl sites for hydroxylation is 2. The molecule has 0 bridgehead atoms. The minimum absolute atomic E-state index is 0. The van der Waals surface area contributed by atoms with Crippen LogP contribution < -0.4 is 10.6 Å². The van der Waals surface area contributed by atoms with Gasteiger partial charge in [-0.3, -0.25) is 0 Å². The van der Waals surface area contributed by atoms with Crippen molar-refractivity contribution in [3.63, 3.8) is 0 Å². The van der Waals surface area contributed by atoms with Gasteiger partial charge in [-0.2, -0.15) is 0 Å². The summed E-state index contributed by atoms with van der Waals surface area (Å²) in [6.45, 7) is 1.55. The Labute approximate surface area is 324 Å². The van der Waals surface area contributed by atoms with Gasteiger partial charge in [0.25, 0.3) is 0 Å². The molecule has 6 aromatic rings. The topological polar surface area (TPSA) is 96.1 Å². The van der Waals surface area contributed by atoms with Gasteiger partial charge in [-0.25, -0.2) is 0 Å². The van der Waals surface area contributed by atoms with E-state index in [0.717, 1.165) is 36.0 Å². The summed E-state index contributed by atoms with van der Waals surface area (Å²) in [5, 5.41) is 26.6. The Morgan fingerprint density at radius 3 is 1.66 bits per heavy atom. The number of fused-ring (bicyclic) bond motifs is 6. The number of halogens is 1. The predicted octanol–water partition coefficient (Wildman–Crippen LogP) is 9.66. The summed E-state index contributed by atoms with van der Waals surface area (Å²) in [7, 11) is 0. The number of benzene rings is 4. The largest absolute Gasteiger partial charge is 0.384 e. The van der Waals surface area contributed by atoms with Crippen LogP contribution in [0.3, 0.4) is 0 Å². The molecule has 2 aliphatic rings. The van der Waals surface area contributed by atoms with E-state index in [2.05, 4.69) is 146 Å². The first kappa shape index (κ1) is 41.2. The van der Waals surface area contributed by atoms with Crippen LogP contribution >= 0.6 is 15.9 Å². The molecule has 4 aromatic carbocycles. The first-order valence-electron chi connectivity index (χ1n) is 17.7. The molecule has 0 spiro atoms. The number of aliphatic hydroxyl groups excluding tert-OH is 2. The molecule has 0 aliphatic heterocycles. The van der Waals surface area contributed by atoms with Crippen LogP contribution in [0.25, 0.3) is 21.8 Å². The van der Waals surface area contributed by atoms with Crippen LogP contribution in [-0.2, 0) is 25.9 Å². The van der Waals surface area contributed by atoms with E-state index < -0.39 is 0 Å². The molecule has 2 aromatic heterocycles. The van der Waals surface area contributed by atoms with Crippen LogP contribution in [0.15, 0.2) is 102 Å². The number of aliphatic hydroxyl groups is 2. The molecule has 6 nitrogen and oxygen atoms in total. The van der Waals surface area contributed by atoms with Gasteiger partial charge in [-0.15, -0.1) is 6.42 Å². The zero-order valence-corrected chi connectivity index (χ0v) is 30.4. The molecule has 276 valence electrons. The maximum absolute atomic E-state index is 8.89. The number of nitrogens with one attached hydrogen (secondary N) is 4. The molecular weight excluding hydrogens is 720 g/mol. The lowest BCUT2D eigenvalue weighted by Crippen LogP contribution is -2.24. The first-order chi connectivity index (χ1) is 25.1. The third-order valence-corrected chi connectivity index (χ3v) is 10.1. The fourth-order valence-electron chi connectivity index (χ4n) is 7.20. The molecule has 7 heteroatoms. The average Bonchev–Trinajstić information content (AvgIpc) is 3.75. The highest BCUT2D eigenvalue weighted by atomic mass is 79.9. The third kappa shape index (κ3) is 10.5. The van der Waals surface area contributed by atoms with Gasteiger partial charge in [0.15, 0.2) is 0 Å². The van der Waals surface area contributed by atoms with E-state index in [1.165, 1.54) is 81.1 Å². The standard InChI is InChI=1S/C22H22N2O.C19H19BrN2.C3H4O.2CH4/c25-13-5-8-16-11-12-20-19(14-16)18-9-4-10-21(22(18)24-20)23-15-17-6-2-1-3-7-17;20-14-9-10-17-16(11-14)15-7-4-8-18(19(15)22-17)21-12-13-5-2-1-3-6-13;1-2-3-4;;/h1-3,6-7,11-12,14,21,23-25H,4,9-10,13,15H2;1-3,5-6,9-11,18,21-22H,4,7-8,12H2;1,4H,3H2;2*1H4/t21-;18-;;;/m11.../s1. The Bertz CT molecular complexity index is 2140. The maximum atomic E-state index is 8.89. The lowest BCUT2D eigenvalue weighted by molar-refractivity contribution is 0.350. The van der Waals surface area contributed by atoms with Crippen LogP contribution in [0.2, 0.25) is 0 Å². The van der Waals surface area contributed by atoms with Crippen molar-refractivity contribution in [3.05, 3.63) is 141 Å². The fraction of sp³-hybridized carbons (Fsp3) is 0.304. The third-order valence-electron chi connectivity index (χ3n) is 9.57. The predicted molar refractivity (Wildman–Crippen MR) is 226 cm³/mol. The highest BCUT2D eigenvalue weighted by molar-refractivity contribution is 9.10. The molecule has 0 amide bonds. The van der Waals surface area contributed by atoms with Gasteiger partial charge in [-0.1, -0.05) is 109 Å². The van der Waals surface area contributed by atoms with Crippen molar-refractivity contribution in [2.45, 2.75) is 78.6 Å². The zero-order chi connectivity index (χ0) is 35.4. The van der Waals surface area contributed by atoms with Crippen molar-refractivity contribution >= 4 is 37.7 Å². The summed E-state index contributed by atoms with van der Waals surface area (Å²) in [6, 6.07) is 34.7. The molecule has 0 fully saturated rings.